The summed E-state index contributed by atoms with van der Waals surface area (Å²) in [6, 6.07) is 13.4. The first-order valence-electron chi connectivity index (χ1n) is 4.91. The van der Waals surface area contributed by atoms with Crippen molar-refractivity contribution < 1.29 is 0 Å². The molecule has 0 N–H and O–H groups in total. The summed E-state index contributed by atoms with van der Waals surface area (Å²) in [6.45, 7) is 0. The summed E-state index contributed by atoms with van der Waals surface area (Å²) < 4.78 is 1.92. The molecule has 0 spiro atoms. The van der Waals surface area contributed by atoms with E-state index in [0.29, 0.717) is 5.02 Å². The number of fused-ring (bicyclic) bond motifs is 1. The molecule has 0 saturated carbocycles. The Kier molecular flexibility index (Phi) is 2.11. The van der Waals surface area contributed by atoms with E-state index < -0.39 is 0 Å². The Bertz CT molecular complexity index is 645. The molecule has 4 heteroatoms. The van der Waals surface area contributed by atoms with Gasteiger partial charge in [0, 0.05) is 11.8 Å². The zero-order valence-electron chi connectivity index (χ0n) is 8.34. The molecule has 78 valence electrons. The van der Waals surface area contributed by atoms with Crippen LogP contribution in [0.1, 0.15) is 0 Å². The van der Waals surface area contributed by atoms with Crippen molar-refractivity contribution in [2.45, 2.75) is 0 Å². The van der Waals surface area contributed by atoms with Crippen molar-refractivity contribution in [1.82, 2.24) is 14.6 Å². The molecule has 0 saturated heterocycles. The summed E-state index contributed by atoms with van der Waals surface area (Å²) in [4.78, 5) is 0. The van der Waals surface area contributed by atoms with E-state index in [1.165, 1.54) is 0 Å². The smallest absolute Gasteiger partial charge is 0.169 e. The molecule has 0 aliphatic rings. The van der Waals surface area contributed by atoms with Gasteiger partial charge in [-0.05, 0) is 24.3 Å². The molecule has 3 aromatic rings. The number of nitrogens with zero attached hydrogens (tertiary/aromatic N) is 3. The number of aromatic nitrogens is 3. The van der Waals surface area contributed by atoms with E-state index in [2.05, 4.69) is 10.2 Å². The molecule has 3 nitrogen and oxygen atoms in total. The summed E-state index contributed by atoms with van der Waals surface area (Å²) >= 11 is 6.13. The number of pyridine rings is 1. The van der Waals surface area contributed by atoms with Crippen LogP contribution in [0.2, 0.25) is 5.02 Å². The van der Waals surface area contributed by atoms with E-state index in [-0.39, 0.29) is 0 Å². The lowest BCUT2D eigenvalue weighted by Gasteiger charge is -2.01. The third-order valence-corrected chi connectivity index (χ3v) is 2.76. The Labute approximate surface area is 97.3 Å². The zero-order chi connectivity index (χ0) is 11.0. The normalized spacial score (nSPS) is 10.8. The average molecular weight is 230 g/mol. The molecule has 1 aromatic carbocycles. The van der Waals surface area contributed by atoms with Gasteiger partial charge in [0.2, 0.25) is 0 Å². The van der Waals surface area contributed by atoms with Gasteiger partial charge in [-0.25, -0.2) is 0 Å². The molecule has 0 amide bonds. The largest absolute Gasteiger partial charge is 0.282 e. The van der Waals surface area contributed by atoms with Crippen LogP contribution >= 0.6 is 11.6 Å². The Morgan fingerprint density at radius 2 is 1.75 bits per heavy atom. The molecule has 0 aliphatic heterocycles. The monoisotopic (exact) mass is 229 g/mol. The quantitative estimate of drug-likeness (QED) is 0.642. The summed E-state index contributed by atoms with van der Waals surface area (Å²) in [5, 5.41) is 8.93. The fraction of sp³-hybridized carbons (Fsp3) is 0. The first-order valence-corrected chi connectivity index (χ1v) is 5.29. The molecule has 16 heavy (non-hydrogen) atoms. The summed E-state index contributed by atoms with van der Waals surface area (Å²) in [5.41, 5.74) is 1.71. The second kappa shape index (κ2) is 3.61. The van der Waals surface area contributed by atoms with Gasteiger partial charge in [-0.3, -0.25) is 4.40 Å². The first-order chi connectivity index (χ1) is 7.86. The summed E-state index contributed by atoms with van der Waals surface area (Å²) in [6.07, 6.45) is 1.92. The molecule has 0 atom stereocenters. The third-order valence-electron chi connectivity index (χ3n) is 2.43. The Balaban J connectivity index is 2.31. The van der Waals surface area contributed by atoms with Gasteiger partial charge < -0.3 is 0 Å². The van der Waals surface area contributed by atoms with Crippen molar-refractivity contribution in [3.05, 3.63) is 53.7 Å². The predicted molar refractivity (Wildman–Crippen MR) is 63.4 cm³/mol. The minimum Gasteiger partial charge on any atom is -0.282 e. The van der Waals surface area contributed by atoms with Crippen LogP contribution in [-0.2, 0) is 0 Å². The number of hydrogen-bond acceptors (Lipinski definition) is 2. The molecule has 0 bridgehead atoms. The molecule has 0 radical (unpaired) electrons. The van der Waals surface area contributed by atoms with Gasteiger partial charge in [-0.1, -0.05) is 29.8 Å². The highest BCUT2D eigenvalue weighted by Crippen LogP contribution is 2.25. The zero-order valence-corrected chi connectivity index (χ0v) is 9.09. The molecular formula is C12H8ClN3. The lowest BCUT2D eigenvalue weighted by molar-refractivity contribution is 1.11. The molecule has 0 unspecified atom stereocenters. The van der Waals surface area contributed by atoms with Gasteiger partial charge >= 0.3 is 0 Å². The molecular weight excluding hydrogens is 222 g/mol. The van der Waals surface area contributed by atoms with Crippen molar-refractivity contribution in [2.75, 3.05) is 0 Å². The predicted octanol–water partition coefficient (Wildman–Crippen LogP) is 3.05. The van der Waals surface area contributed by atoms with Crippen molar-refractivity contribution in [3.63, 3.8) is 0 Å². The highest BCUT2D eigenvalue weighted by atomic mass is 35.5. The lowest BCUT2D eigenvalue weighted by Crippen LogP contribution is -1.88. The Morgan fingerprint density at radius 3 is 2.62 bits per heavy atom. The van der Waals surface area contributed by atoms with E-state index in [4.69, 9.17) is 11.6 Å². The van der Waals surface area contributed by atoms with Crippen LogP contribution < -0.4 is 0 Å². The van der Waals surface area contributed by atoms with Gasteiger partial charge in [0.05, 0.1) is 5.02 Å². The summed E-state index contributed by atoms with van der Waals surface area (Å²) in [5.74, 6) is 0.765. The van der Waals surface area contributed by atoms with Crippen LogP contribution in [0.25, 0.3) is 17.0 Å². The molecule has 0 fully saturated rings. The van der Waals surface area contributed by atoms with Crippen molar-refractivity contribution in [2.24, 2.45) is 0 Å². The van der Waals surface area contributed by atoms with Gasteiger partial charge in [-0.15, -0.1) is 10.2 Å². The van der Waals surface area contributed by atoms with Gasteiger partial charge in [0.1, 0.15) is 0 Å². The first kappa shape index (κ1) is 9.36. The van der Waals surface area contributed by atoms with Crippen molar-refractivity contribution in [1.29, 1.82) is 0 Å². The van der Waals surface area contributed by atoms with E-state index in [9.17, 15) is 0 Å². The second-order valence-corrected chi connectivity index (χ2v) is 3.84. The molecule has 2 heterocycles. The topological polar surface area (TPSA) is 30.2 Å². The summed E-state index contributed by atoms with van der Waals surface area (Å²) in [7, 11) is 0. The SMILES string of the molecule is Clc1ccccc1-c1nnc2ccccn12. The minimum absolute atomic E-state index is 0.681. The van der Waals surface area contributed by atoms with Gasteiger partial charge in [-0.2, -0.15) is 0 Å². The van der Waals surface area contributed by atoms with Crippen LogP contribution in [-0.4, -0.2) is 14.6 Å². The number of benzene rings is 1. The standard InChI is InChI=1S/C12H8ClN3/c13-10-6-2-1-5-9(10)12-15-14-11-7-3-4-8-16(11)12/h1-8H. The van der Waals surface area contributed by atoms with E-state index in [1.54, 1.807) is 0 Å². The van der Waals surface area contributed by atoms with Gasteiger partial charge in [0.15, 0.2) is 11.5 Å². The third kappa shape index (κ3) is 1.37. The van der Waals surface area contributed by atoms with Crippen LogP contribution in [0.15, 0.2) is 48.7 Å². The van der Waals surface area contributed by atoms with E-state index in [1.807, 2.05) is 53.1 Å². The minimum atomic E-state index is 0.681. The fourth-order valence-corrected chi connectivity index (χ4v) is 1.89. The second-order valence-electron chi connectivity index (χ2n) is 3.43. The van der Waals surface area contributed by atoms with Crippen molar-refractivity contribution in [3.8, 4) is 11.4 Å². The highest BCUT2D eigenvalue weighted by Gasteiger charge is 2.09. The maximum atomic E-state index is 6.13. The highest BCUT2D eigenvalue weighted by molar-refractivity contribution is 6.33. The van der Waals surface area contributed by atoms with Crippen LogP contribution in [0.3, 0.4) is 0 Å². The van der Waals surface area contributed by atoms with E-state index in [0.717, 1.165) is 17.0 Å². The number of hydrogen-bond donors (Lipinski definition) is 0. The maximum absolute atomic E-state index is 6.13. The maximum Gasteiger partial charge on any atom is 0.169 e. The van der Waals surface area contributed by atoms with Gasteiger partial charge in [0.25, 0.3) is 0 Å². The van der Waals surface area contributed by atoms with Crippen LogP contribution in [0.5, 0.6) is 0 Å². The fourth-order valence-electron chi connectivity index (χ4n) is 1.67. The van der Waals surface area contributed by atoms with Crippen molar-refractivity contribution >= 4 is 17.2 Å². The number of rotatable bonds is 1. The lowest BCUT2D eigenvalue weighted by atomic mass is 10.2. The van der Waals surface area contributed by atoms with E-state index >= 15 is 0 Å². The Morgan fingerprint density at radius 1 is 0.938 bits per heavy atom. The number of halogens is 1. The van der Waals surface area contributed by atoms with Crippen LogP contribution in [0.4, 0.5) is 0 Å². The average Bonchev–Trinajstić information content (AvgIpc) is 2.74. The molecule has 3 rings (SSSR count). The van der Waals surface area contributed by atoms with Crippen LogP contribution in [0, 0.1) is 0 Å². The molecule has 2 aromatic heterocycles. The Hall–Kier alpha value is -1.87. The molecule has 0 aliphatic carbocycles.